The van der Waals surface area contributed by atoms with Crippen LogP contribution in [0.4, 0.5) is 0 Å². The van der Waals surface area contributed by atoms with E-state index in [0.29, 0.717) is 0 Å². The molecule has 58 valence electrons. The lowest BCUT2D eigenvalue weighted by atomic mass is 11.0. The second-order valence-electron chi connectivity index (χ2n) is 2.50. The summed E-state index contributed by atoms with van der Waals surface area (Å²) in [5.74, 6) is 4.94. The van der Waals surface area contributed by atoms with Crippen molar-refractivity contribution >= 4 is 7.67 Å². The minimum atomic E-state index is -2.68. The summed E-state index contributed by atoms with van der Waals surface area (Å²) in [6.07, 6.45) is 0. The van der Waals surface area contributed by atoms with E-state index in [1.807, 2.05) is 0 Å². The lowest BCUT2D eigenvalue weighted by Gasteiger charge is -2.15. The van der Waals surface area contributed by atoms with Crippen molar-refractivity contribution in [3.63, 3.8) is 0 Å². The monoisotopic (exact) mass is 163 g/mol. The summed E-state index contributed by atoms with van der Waals surface area (Å²) in [4.78, 5) is 0. The maximum absolute atomic E-state index is 11.6. The number of nitrogens with zero attached hydrogens (tertiary/aromatic N) is 2. The van der Waals surface area contributed by atoms with Crippen LogP contribution in [0.5, 0.6) is 0 Å². The summed E-state index contributed by atoms with van der Waals surface area (Å²) < 4.78 is 19.6. The van der Waals surface area contributed by atoms with Gasteiger partial charge in [-0.1, -0.05) is 0 Å². The van der Waals surface area contributed by atoms with E-state index in [4.69, 9.17) is 5.90 Å². The molecule has 0 aromatic rings. The van der Waals surface area contributed by atoms with E-state index in [2.05, 4.69) is 4.62 Å². The van der Waals surface area contributed by atoms with E-state index in [1.165, 1.54) is 0 Å². The van der Waals surface area contributed by atoms with Crippen molar-refractivity contribution in [3.05, 3.63) is 0 Å². The molecule has 6 heteroatoms. The molecule has 2 N–H and O–H groups in total. The third-order valence-corrected chi connectivity index (χ3v) is 4.20. The molecule has 2 fully saturated rings. The van der Waals surface area contributed by atoms with Gasteiger partial charge in [0.15, 0.2) is 0 Å². The number of hydrogen-bond donors (Lipinski definition) is 1. The average molecular weight is 163 g/mol. The van der Waals surface area contributed by atoms with Crippen molar-refractivity contribution in [1.29, 1.82) is 0 Å². The fourth-order valence-corrected chi connectivity index (χ4v) is 2.72. The second kappa shape index (κ2) is 2.03. The Hall–Kier alpha value is 0.0700. The first-order valence-electron chi connectivity index (χ1n) is 3.27. The van der Waals surface area contributed by atoms with E-state index in [9.17, 15) is 4.57 Å². The van der Waals surface area contributed by atoms with E-state index < -0.39 is 7.67 Å². The highest BCUT2D eigenvalue weighted by Crippen LogP contribution is 2.59. The van der Waals surface area contributed by atoms with Crippen LogP contribution in [0, 0.1) is 0 Å². The minimum absolute atomic E-state index is 0.852. The topological polar surface area (TPSA) is 58.3 Å². The molecule has 2 aliphatic rings. The van der Waals surface area contributed by atoms with Crippen molar-refractivity contribution in [1.82, 2.24) is 9.34 Å². The summed E-state index contributed by atoms with van der Waals surface area (Å²) in [6, 6.07) is 0. The molecule has 0 aromatic heterocycles. The summed E-state index contributed by atoms with van der Waals surface area (Å²) >= 11 is 0. The van der Waals surface area contributed by atoms with Gasteiger partial charge in [0.25, 0.3) is 0 Å². The molecular weight excluding hydrogens is 153 g/mol. The first kappa shape index (κ1) is 6.76. The Morgan fingerprint density at radius 1 is 1.20 bits per heavy atom. The summed E-state index contributed by atoms with van der Waals surface area (Å²) in [5.41, 5.74) is 0. The number of nitrogens with two attached hydrogens (primary N) is 1. The summed E-state index contributed by atoms with van der Waals surface area (Å²) in [5, 5.41) is 0. The van der Waals surface area contributed by atoms with Crippen molar-refractivity contribution in [2.24, 2.45) is 5.90 Å². The summed E-state index contributed by atoms with van der Waals surface area (Å²) in [6.45, 7) is 3.41. The van der Waals surface area contributed by atoms with Gasteiger partial charge in [0.05, 0.1) is 0 Å². The molecule has 0 bridgehead atoms. The third kappa shape index (κ3) is 0.909. The molecule has 0 atom stereocenters. The van der Waals surface area contributed by atoms with Gasteiger partial charge in [0.1, 0.15) is 0 Å². The third-order valence-electron chi connectivity index (χ3n) is 1.70. The van der Waals surface area contributed by atoms with Crippen molar-refractivity contribution < 1.29 is 9.19 Å². The van der Waals surface area contributed by atoms with Crippen LogP contribution in [-0.2, 0) is 9.19 Å². The molecule has 0 radical (unpaired) electrons. The molecular formula is C4H10N3O2P. The highest BCUT2D eigenvalue weighted by atomic mass is 31.2. The largest absolute Gasteiger partial charge is 0.362 e. The lowest BCUT2D eigenvalue weighted by molar-refractivity contribution is 0.283. The van der Waals surface area contributed by atoms with Crippen molar-refractivity contribution in [2.45, 2.75) is 0 Å². The van der Waals surface area contributed by atoms with Crippen LogP contribution in [0.2, 0.25) is 0 Å². The normalized spacial score (nSPS) is 26.9. The van der Waals surface area contributed by atoms with Crippen LogP contribution >= 0.6 is 7.67 Å². The Bertz CT molecular complexity index is 173. The highest BCUT2D eigenvalue weighted by Gasteiger charge is 2.49. The second-order valence-corrected chi connectivity index (χ2v) is 4.83. The molecule has 0 aromatic carbocycles. The Morgan fingerprint density at radius 3 is 1.80 bits per heavy atom. The van der Waals surface area contributed by atoms with E-state index >= 15 is 0 Å². The van der Waals surface area contributed by atoms with Gasteiger partial charge < -0.3 is 0 Å². The van der Waals surface area contributed by atoms with E-state index in [1.54, 1.807) is 9.34 Å². The molecule has 0 amide bonds. The predicted molar refractivity (Wildman–Crippen MR) is 36.0 cm³/mol. The molecule has 2 rings (SSSR count). The van der Waals surface area contributed by atoms with Crippen molar-refractivity contribution in [2.75, 3.05) is 26.2 Å². The van der Waals surface area contributed by atoms with Crippen molar-refractivity contribution in [3.8, 4) is 0 Å². The molecule has 0 saturated carbocycles. The Balaban J connectivity index is 2.11. The molecule has 0 spiro atoms. The van der Waals surface area contributed by atoms with Crippen LogP contribution in [0.15, 0.2) is 0 Å². The average Bonchev–Trinajstić information content (AvgIpc) is 2.73. The molecule has 2 saturated heterocycles. The van der Waals surface area contributed by atoms with Crippen LogP contribution in [0.3, 0.4) is 0 Å². The Morgan fingerprint density at radius 2 is 1.60 bits per heavy atom. The quantitative estimate of drug-likeness (QED) is 0.349. The standard InChI is InChI=1S/C4H10N3O2P/c5-9-10(8,6-1-2-6)7-3-4-7/h1-5H2. The fourth-order valence-electron chi connectivity index (χ4n) is 0.907. The van der Waals surface area contributed by atoms with Crippen LogP contribution in [-0.4, -0.2) is 35.5 Å². The van der Waals surface area contributed by atoms with Gasteiger partial charge in [0, 0.05) is 26.2 Å². The SMILES string of the molecule is NOP(=O)(N1CC1)N1CC1. The van der Waals surface area contributed by atoms with Gasteiger partial charge in [0.2, 0.25) is 0 Å². The van der Waals surface area contributed by atoms with E-state index in [0.717, 1.165) is 26.2 Å². The first-order valence-corrected chi connectivity index (χ1v) is 4.80. The highest BCUT2D eigenvalue weighted by molar-refractivity contribution is 7.54. The van der Waals surface area contributed by atoms with E-state index in [-0.39, 0.29) is 0 Å². The molecule has 2 heterocycles. The zero-order chi connectivity index (χ0) is 7.19. The molecule has 10 heavy (non-hydrogen) atoms. The van der Waals surface area contributed by atoms with Gasteiger partial charge >= 0.3 is 7.67 Å². The van der Waals surface area contributed by atoms with Gasteiger partial charge in [-0.15, -0.1) is 0 Å². The Labute approximate surface area is 59.2 Å². The van der Waals surface area contributed by atoms with Crippen LogP contribution < -0.4 is 5.90 Å². The zero-order valence-electron chi connectivity index (χ0n) is 5.56. The Kier molecular flexibility index (Phi) is 1.37. The number of hydrogen-bond acceptors (Lipinski definition) is 3. The smallest absolute Gasteiger partial charge is 0.254 e. The van der Waals surface area contributed by atoms with Gasteiger partial charge in [-0.2, -0.15) is 0 Å². The maximum Gasteiger partial charge on any atom is 0.362 e. The van der Waals surface area contributed by atoms with Gasteiger partial charge in [-0.25, -0.2) is 19.9 Å². The lowest BCUT2D eigenvalue weighted by Crippen LogP contribution is -2.11. The first-order chi connectivity index (χ1) is 4.77. The minimum Gasteiger partial charge on any atom is -0.254 e. The molecule has 0 aliphatic carbocycles. The maximum atomic E-state index is 11.6. The molecule has 5 nitrogen and oxygen atoms in total. The fraction of sp³-hybridized carbons (Fsp3) is 1.00. The predicted octanol–water partition coefficient (Wildman–Crippen LogP) is -0.384. The van der Waals surface area contributed by atoms with Crippen LogP contribution in [0.1, 0.15) is 0 Å². The summed E-state index contributed by atoms with van der Waals surface area (Å²) in [7, 11) is -2.68. The van der Waals surface area contributed by atoms with Gasteiger partial charge in [-0.3, -0.25) is 4.57 Å². The number of rotatable bonds is 3. The van der Waals surface area contributed by atoms with Gasteiger partial charge in [-0.05, 0) is 0 Å². The zero-order valence-corrected chi connectivity index (χ0v) is 6.46. The van der Waals surface area contributed by atoms with Crippen LogP contribution in [0.25, 0.3) is 0 Å². The molecule has 2 aliphatic heterocycles. The molecule has 0 unspecified atom stereocenters.